The highest BCUT2D eigenvalue weighted by atomic mass is 127. The van der Waals surface area contributed by atoms with Crippen molar-refractivity contribution in [1.29, 1.82) is 0 Å². The third-order valence-electron chi connectivity index (χ3n) is 3.44. The van der Waals surface area contributed by atoms with Gasteiger partial charge in [-0.05, 0) is 28.3 Å². The number of hydrogen-bond acceptors (Lipinski definition) is 4. The van der Waals surface area contributed by atoms with E-state index in [1.165, 1.54) is 5.56 Å². The molecule has 0 saturated carbocycles. The summed E-state index contributed by atoms with van der Waals surface area (Å²) in [4.78, 5) is 10.6. The number of nitrogens with one attached hydrogen (secondary N) is 1. The Morgan fingerprint density at radius 2 is 2.32 bits per heavy atom. The van der Waals surface area contributed by atoms with Crippen LogP contribution in [0.1, 0.15) is 24.2 Å². The third kappa shape index (κ3) is 4.94. The maximum Gasteiger partial charge on any atom is 0.193 e. The highest BCUT2D eigenvalue weighted by Crippen LogP contribution is 2.17. The summed E-state index contributed by atoms with van der Waals surface area (Å²) in [5.41, 5.74) is 1.36. The Kier molecular flexibility index (Phi) is 7.80. The molecule has 1 unspecified atom stereocenters. The van der Waals surface area contributed by atoms with Crippen LogP contribution < -0.4 is 5.32 Å². The van der Waals surface area contributed by atoms with Crippen LogP contribution >= 0.6 is 35.3 Å². The van der Waals surface area contributed by atoms with Crippen LogP contribution in [0, 0.1) is 0 Å². The Labute approximate surface area is 152 Å². The first kappa shape index (κ1) is 18.9. The van der Waals surface area contributed by atoms with Gasteiger partial charge in [-0.2, -0.15) is 16.4 Å². The van der Waals surface area contributed by atoms with E-state index in [0.29, 0.717) is 12.5 Å². The zero-order valence-electron chi connectivity index (χ0n) is 13.4. The highest BCUT2D eigenvalue weighted by molar-refractivity contribution is 14.0. The summed E-state index contributed by atoms with van der Waals surface area (Å²) in [5.74, 6) is 2.22. The predicted molar refractivity (Wildman–Crippen MR) is 102 cm³/mol. The van der Waals surface area contributed by atoms with E-state index in [-0.39, 0.29) is 24.0 Å². The van der Waals surface area contributed by atoms with Gasteiger partial charge in [-0.1, -0.05) is 6.92 Å². The van der Waals surface area contributed by atoms with E-state index in [9.17, 15) is 0 Å². The first-order chi connectivity index (χ1) is 10.1. The fourth-order valence-electron chi connectivity index (χ4n) is 2.05. The van der Waals surface area contributed by atoms with Crippen LogP contribution in [0.3, 0.4) is 0 Å². The first-order valence-electron chi connectivity index (χ1n) is 6.88. The topological polar surface area (TPSA) is 58.3 Å². The van der Waals surface area contributed by atoms with Gasteiger partial charge in [0.15, 0.2) is 5.96 Å². The molecule has 0 aliphatic carbocycles. The zero-order valence-corrected chi connectivity index (χ0v) is 16.5. The molecule has 8 heteroatoms. The van der Waals surface area contributed by atoms with Gasteiger partial charge in [-0.3, -0.25) is 9.67 Å². The fraction of sp³-hybridized carbons (Fsp3) is 0.500. The van der Waals surface area contributed by atoms with Crippen LogP contribution in [-0.4, -0.2) is 46.3 Å². The Morgan fingerprint density at radius 1 is 1.55 bits per heavy atom. The van der Waals surface area contributed by atoms with Crippen LogP contribution in [-0.2, 0) is 13.6 Å². The second kappa shape index (κ2) is 9.09. The second-order valence-electron chi connectivity index (χ2n) is 5.04. The summed E-state index contributed by atoms with van der Waals surface area (Å²) in [6.07, 6.45) is 1.57. The molecule has 0 aliphatic heterocycles. The highest BCUT2D eigenvalue weighted by Gasteiger charge is 2.12. The number of hydrogen-bond donors (Lipinski definition) is 1. The molecule has 0 amide bonds. The van der Waals surface area contributed by atoms with Gasteiger partial charge >= 0.3 is 0 Å². The van der Waals surface area contributed by atoms with E-state index in [0.717, 1.165) is 18.3 Å². The van der Waals surface area contributed by atoms with Crippen LogP contribution in [0.4, 0.5) is 0 Å². The van der Waals surface area contributed by atoms with E-state index >= 15 is 0 Å². The number of halogens is 1. The molecule has 2 heterocycles. The van der Waals surface area contributed by atoms with Gasteiger partial charge in [-0.15, -0.1) is 24.0 Å². The lowest BCUT2D eigenvalue weighted by Gasteiger charge is -2.23. The predicted octanol–water partition coefficient (Wildman–Crippen LogP) is 2.31. The van der Waals surface area contributed by atoms with E-state index in [2.05, 4.69) is 44.1 Å². The molecule has 1 N–H and O–H groups in total. The smallest absolute Gasteiger partial charge is 0.193 e. The molecule has 0 aromatic carbocycles. The normalized spacial score (nSPS) is 12.6. The number of aryl methyl sites for hydroxylation is 1. The van der Waals surface area contributed by atoms with Gasteiger partial charge in [0.05, 0.1) is 6.54 Å². The number of guanidine groups is 1. The zero-order chi connectivity index (χ0) is 15.2. The lowest BCUT2D eigenvalue weighted by Crippen LogP contribution is -2.40. The lowest BCUT2D eigenvalue weighted by atomic mass is 10.1. The molecule has 6 nitrogen and oxygen atoms in total. The molecule has 0 spiro atoms. The van der Waals surface area contributed by atoms with Gasteiger partial charge in [0.25, 0.3) is 0 Å². The Morgan fingerprint density at radius 3 is 2.86 bits per heavy atom. The molecular weight excluding hydrogens is 411 g/mol. The van der Waals surface area contributed by atoms with E-state index in [4.69, 9.17) is 0 Å². The van der Waals surface area contributed by atoms with Gasteiger partial charge < -0.3 is 10.2 Å². The maximum absolute atomic E-state index is 4.33. The summed E-state index contributed by atoms with van der Waals surface area (Å²) in [6.45, 7) is 3.74. The van der Waals surface area contributed by atoms with Crippen LogP contribution in [0.2, 0.25) is 0 Å². The van der Waals surface area contributed by atoms with Gasteiger partial charge in [0.1, 0.15) is 12.2 Å². The number of aliphatic imine (C=N–C) groups is 1. The maximum atomic E-state index is 4.33. The summed E-state index contributed by atoms with van der Waals surface area (Å²) < 4.78 is 1.78. The summed E-state index contributed by atoms with van der Waals surface area (Å²) in [7, 11) is 5.69. The molecule has 0 saturated heterocycles. The monoisotopic (exact) mass is 434 g/mol. The second-order valence-corrected chi connectivity index (χ2v) is 5.82. The van der Waals surface area contributed by atoms with Crippen molar-refractivity contribution in [2.75, 3.05) is 20.6 Å². The molecule has 2 aromatic rings. The lowest BCUT2D eigenvalue weighted by molar-refractivity contribution is 0.446. The molecule has 22 heavy (non-hydrogen) atoms. The van der Waals surface area contributed by atoms with Crippen LogP contribution in [0.15, 0.2) is 28.1 Å². The number of rotatable bonds is 5. The van der Waals surface area contributed by atoms with Crippen molar-refractivity contribution >= 4 is 41.3 Å². The SMILES string of the molecule is CN=C(NCC(C)c1ccsc1)N(C)Cc1ncnn1C.I. The number of thiophene rings is 1. The molecule has 1 atom stereocenters. The van der Waals surface area contributed by atoms with Crippen molar-refractivity contribution in [1.82, 2.24) is 25.0 Å². The molecule has 0 radical (unpaired) electrons. The fourth-order valence-corrected chi connectivity index (χ4v) is 2.83. The minimum absolute atomic E-state index is 0. The molecule has 0 bridgehead atoms. The van der Waals surface area contributed by atoms with Crippen molar-refractivity contribution in [2.24, 2.45) is 12.0 Å². The number of nitrogens with zero attached hydrogens (tertiary/aromatic N) is 5. The molecule has 0 fully saturated rings. The Hall–Kier alpha value is -1.16. The molecule has 2 aromatic heterocycles. The van der Waals surface area contributed by atoms with Gasteiger partial charge in [-0.25, -0.2) is 4.98 Å². The van der Waals surface area contributed by atoms with E-state index in [1.807, 2.05) is 19.0 Å². The summed E-state index contributed by atoms with van der Waals surface area (Å²) >= 11 is 1.73. The molecule has 122 valence electrons. The van der Waals surface area contributed by atoms with Crippen molar-refractivity contribution in [3.63, 3.8) is 0 Å². The van der Waals surface area contributed by atoms with Crippen molar-refractivity contribution in [3.8, 4) is 0 Å². The van der Waals surface area contributed by atoms with Crippen molar-refractivity contribution < 1.29 is 0 Å². The van der Waals surface area contributed by atoms with Crippen LogP contribution in [0.25, 0.3) is 0 Å². The Bertz CT molecular complexity index is 580. The van der Waals surface area contributed by atoms with Gasteiger partial charge in [0.2, 0.25) is 0 Å². The van der Waals surface area contributed by atoms with E-state index in [1.54, 1.807) is 29.4 Å². The van der Waals surface area contributed by atoms with E-state index < -0.39 is 0 Å². The molecule has 2 rings (SSSR count). The Balaban J connectivity index is 0.00000242. The molecular formula is C14H23IN6S. The minimum Gasteiger partial charge on any atom is -0.356 e. The minimum atomic E-state index is 0. The quantitative estimate of drug-likeness (QED) is 0.446. The largest absolute Gasteiger partial charge is 0.356 e. The first-order valence-corrected chi connectivity index (χ1v) is 7.82. The average molecular weight is 434 g/mol. The standard InChI is InChI=1S/C14H22N6S.HI/c1-11(12-5-6-21-9-12)7-16-14(15-2)19(3)8-13-17-10-18-20(13)4;/h5-6,9-11H,7-8H2,1-4H3,(H,15,16);1H. The molecule has 0 aliphatic rings. The number of aromatic nitrogens is 3. The van der Waals surface area contributed by atoms with Crippen molar-refractivity contribution in [3.05, 3.63) is 34.5 Å². The van der Waals surface area contributed by atoms with Crippen LogP contribution in [0.5, 0.6) is 0 Å². The average Bonchev–Trinajstić information content (AvgIpc) is 3.12. The summed E-state index contributed by atoms with van der Waals surface area (Å²) in [6, 6.07) is 2.17. The third-order valence-corrected chi connectivity index (χ3v) is 4.14. The van der Waals surface area contributed by atoms with Gasteiger partial charge in [0, 0.05) is 27.7 Å². The summed E-state index contributed by atoms with van der Waals surface area (Å²) in [5, 5.41) is 11.8. The van der Waals surface area contributed by atoms with Crippen molar-refractivity contribution in [2.45, 2.75) is 19.4 Å².